The molecule has 2 heterocycles. The maximum atomic E-state index is 12.2. The number of benzene rings is 2. The third-order valence-electron chi connectivity index (χ3n) is 4.40. The smallest absolute Gasteiger partial charge is 0.507 e. The molecule has 0 saturated heterocycles. The first-order valence-corrected chi connectivity index (χ1v) is 10.2. The second-order valence-corrected chi connectivity index (χ2v) is 7.97. The van der Waals surface area contributed by atoms with Crippen molar-refractivity contribution in [1.82, 2.24) is 0 Å². The molecule has 4 rings (SSSR count). The Bertz CT molecular complexity index is 1130. The molecular weight excluding hydrogens is 445 g/mol. The summed E-state index contributed by atoms with van der Waals surface area (Å²) in [5.41, 5.74) is -3.90. The first-order chi connectivity index (χ1) is 14.6. The largest absolute Gasteiger partial charge is 0.534 e. The first kappa shape index (κ1) is 22.4. The molecule has 0 saturated carbocycles. The van der Waals surface area contributed by atoms with Crippen LogP contribution in [0.15, 0.2) is 24.3 Å². The van der Waals surface area contributed by atoms with Gasteiger partial charge in [0.1, 0.15) is 17.2 Å². The lowest BCUT2D eigenvalue weighted by atomic mass is 10.1. The highest BCUT2D eigenvalue weighted by molar-refractivity contribution is 7.88. The first-order valence-electron chi connectivity index (χ1n) is 8.75. The standard InChI is InChI=1S/C10H7F3O5S.C9H8O3/c11-10(12,13)19(15,16)18-9-4-8-6(1-2-17-8)3-7(9)5-14;10-5-7-3-6-1-2-12-9(6)4-8(7)11/h3-5H,1-2H2;3-5,11H,1-2H2. The van der Waals surface area contributed by atoms with E-state index in [4.69, 9.17) is 9.47 Å². The number of phenols is 1. The fraction of sp³-hybridized carbons (Fsp3) is 0.263. The second-order valence-electron chi connectivity index (χ2n) is 6.43. The van der Waals surface area contributed by atoms with Crippen molar-refractivity contribution in [2.45, 2.75) is 18.3 Å². The highest BCUT2D eigenvalue weighted by Crippen LogP contribution is 2.35. The van der Waals surface area contributed by atoms with Gasteiger partial charge >= 0.3 is 15.6 Å². The second kappa shape index (κ2) is 8.46. The predicted molar refractivity (Wildman–Crippen MR) is 99.3 cm³/mol. The Morgan fingerprint density at radius 2 is 1.42 bits per heavy atom. The quantitative estimate of drug-likeness (QED) is 0.421. The molecule has 2 aliphatic rings. The van der Waals surface area contributed by atoms with Gasteiger partial charge in [-0.1, -0.05) is 0 Å². The lowest BCUT2D eigenvalue weighted by Crippen LogP contribution is -2.28. The van der Waals surface area contributed by atoms with Gasteiger partial charge in [0.05, 0.1) is 24.3 Å². The van der Waals surface area contributed by atoms with E-state index in [0.717, 1.165) is 18.1 Å². The molecule has 31 heavy (non-hydrogen) atoms. The zero-order chi connectivity index (χ0) is 22.8. The molecule has 0 radical (unpaired) electrons. The number of carbonyl (C=O) groups excluding carboxylic acids is 2. The molecule has 2 aliphatic heterocycles. The van der Waals surface area contributed by atoms with E-state index in [-0.39, 0.29) is 23.3 Å². The molecule has 0 atom stereocenters. The minimum atomic E-state index is -5.82. The zero-order valence-electron chi connectivity index (χ0n) is 15.6. The molecule has 2 aromatic rings. The minimum absolute atomic E-state index is 0.00866. The molecule has 0 unspecified atom stereocenters. The number of ether oxygens (including phenoxy) is 2. The Morgan fingerprint density at radius 1 is 0.903 bits per heavy atom. The number of hydrogen-bond donors (Lipinski definition) is 1. The summed E-state index contributed by atoms with van der Waals surface area (Å²) in [4.78, 5) is 21.2. The van der Waals surface area contributed by atoms with Gasteiger partial charge < -0.3 is 18.8 Å². The maximum absolute atomic E-state index is 12.2. The lowest BCUT2D eigenvalue weighted by Gasteiger charge is -2.11. The van der Waals surface area contributed by atoms with Crippen molar-refractivity contribution in [3.8, 4) is 23.0 Å². The van der Waals surface area contributed by atoms with Crippen molar-refractivity contribution in [1.29, 1.82) is 0 Å². The SMILES string of the molecule is O=Cc1cc2c(cc1O)OCC2.O=Cc1cc2c(cc1OS(=O)(=O)C(F)(F)F)OCC2. The summed E-state index contributed by atoms with van der Waals surface area (Å²) < 4.78 is 72.6. The molecule has 8 nitrogen and oxygen atoms in total. The molecule has 12 heteroatoms. The predicted octanol–water partition coefficient (Wildman–Crippen LogP) is 2.80. The van der Waals surface area contributed by atoms with Crippen LogP contribution in [0.2, 0.25) is 0 Å². The van der Waals surface area contributed by atoms with Crippen LogP contribution in [-0.2, 0) is 23.0 Å². The van der Waals surface area contributed by atoms with Gasteiger partial charge in [-0.15, -0.1) is 0 Å². The van der Waals surface area contributed by atoms with E-state index in [2.05, 4.69) is 4.18 Å². The Morgan fingerprint density at radius 3 is 1.94 bits per heavy atom. The molecule has 0 amide bonds. The highest BCUT2D eigenvalue weighted by Gasteiger charge is 2.49. The van der Waals surface area contributed by atoms with Crippen LogP contribution in [0.25, 0.3) is 0 Å². The van der Waals surface area contributed by atoms with Crippen molar-refractivity contribution >= 4 is 22.7 Å². The van der Waals surface area contributed by atoms with Gasteiger partial charge in [0, 0.05) is 25.0 Å². The molecule has 1 N–H and O–H groups in total. The van der Waals surface area contributed by atoms with E-state index in [9.17, 15) is 36.3 Å². The van der Waals surface area contributed by atoms with Crippen LogP contribution in [0.1, 0.15) is 31.8 Å². The van der Waals surface area contributed by atoms with Gasteiger partial charge in [0.2, 0.25) is 0 Å². The van der Waals surface area contributed by atoms with Crippen LogP contribution in [0.3, 0.4) is 0 Å². The minimum Gasteiger partial charge on any atom is -0.507 e. The number of halogens is 3. The van der Waals surface area contributed by atoms with Crippen LogP contribution >= 0.6 is 0 Å². The zero-order valence-corrected chi connectivity index (χ0v) is 16.5. The Kier molecular flexibility index (Phi) is 6.11. The van der Waals surface area contributed by atoms with E-state index >= 15 is 0 Å². The maximum Gasteiger partial charge on any atom is 0.534 e. The fourth-order valence-corrected chi connectivity index (χ4v) is 3.36. The molecule has 0 bridgehead atoms. The number of aromatic hydroxyl groups is 1. The summed E-state index contributed by atoms with van der Waals surface area (Å²) in [6.07, 6.45) is 2.17. The number of aldehydes is 2. The van der Waals surface area contributed by atoms with Crippen molar-refractivity contribution in [3.05, 3.63) is 46.5 Å². The van der Waals surface area contributed by atoms with Crippen LogP contribution < -0.4 is 13.7 Å². The summed E-state index contributed by atoms with van der Waals surface area (Å²) in [6.45, 7) is 0.945. The highest BCUT2D eigenvalue weighted by atomic mass is 32.2. The van der Waals surface area contributed by atoms with E-state index in [0.29, 0.717) is 42.8 Å². The fourth-order valence-electron chi connectivity index (χ4n) is 2.88. The number of fused-ring (bicyclic) bond motifs is 2. The molecule has 0 spiro atoms. The van der Waals surface area contributed by atoms with Gasteiger partial charge in [-0.05, 0) is 23.3 Å². The number of hydrogen-bond acceptors (Lipinski definition) is 8. The molecule has 0 aliphatic carbocycles. The van der Waals surface area contributed by atoms with Crippen LogP contribution in [0.4, 0.5) is 13.2 Å². The average Bonchev–Trinajstić information content (AvgIpc) is 3.34. The number of phenolic OH excluding ortho intramolecular Hbond substituents is 1. The third-order valence-corrected chi connectivity index (χ3v) is 5.36. The summed E-state index contributed by atoms with van der Waals surface area (Å²) in [5.74, 6) is 0.190. The summed E-state index contributed by atoms with van der Waals surface area (Å²) in [7, 11) is -5.82. The van der Waals surface area contributed by atoms with Gasteiger partial charge in [0.25, 0.3) is 0 Å². The summed E-state index contributed by atoms with van der Waals surface area (Å²) in [6, 6.07) is 5.38. The Labute approximate surface area is 174 Å². The van der Waals surface area contributed by atoms with E-state index in [1.807, 2.05) is 0 Å². The molecule has 0 fully saturated rings. The number of alkyl halides is 3. The van der Waals surface area contributed by atoms with Crippen LogP contribution in [0.5, 0.6) is 23.0 Å². The van der Waals surface area contributed by atoms with E-state index in [1.165, 1.54) is 12.1 Å². The van der Waals surface area contributed by atoms with Crippen LogP contribution in [-0.4, -0.2) is 44.8 Å². The molecule has 0 aromatic heterocycles. The number of carbonyl (C=O) groups is 2. The summed E-state index contributed by atoms with van der Waals surface area (Å²) in [5, 5.41) is 9.26. The van der Waals surface area contributed by atoms with Crippen molar-refractivity contribution in [2.24, 2.45) is 0 Å². The molecular formula is C19H15F3O8S. The van der Waals surface area contributed by atoms with Gasteiger partial charge in [-0.3, -0.25) is 9.59 Å². The van der Waals surface area contributed by atoms with Crippen molar-refractivity contribution in [2.75, 3.05) is 13.2 Å². The monoisotopic (exact) mass is 460 g/mol. The van der Waals surface area contributed by atoms with Crippen molar-refractivity contribution in [3.63, 3.8) is 0 Å². The Hall–Kier alpha value is -3.28. The van der Waals surface area contributed by atoms with Crippen molar-refractivity contribution < 1.29 is 49.9 Å². The number of rotatable bonds is 4. The normalized spacial score (nSPS) is 14.3. The van der Waals surface area contributed by atoms with Gasteiger partial charge in [-0.2, -0.15) is 21.6 Å². The van der Waals surface area contributed by atoms with E-state index in [1.54, 1.807) is 6.07 Å². The topological polar surface area (TPSA) is 116 Å². The molecule has 2 aromatic carbocycles. The third kappa shape index (κ3) is 4.74. The van der Waals surface area contributed by atoms with Gasteiger partial charge in [0.15, 0.2) is 18.3 Å². The van der Waals surface area contributed by atoms with E-state index < -0.39 is 21.4 Å². The Balaban J connectivity index is 0.000000194. The average molecular weight is 460 g/mol. The van der Waals surface area contributed by atoms with Gasteiger partial charge in [-0.25, -0.2) is 0 Å². The van der Waals surface area contributed by atoms with Crippen LogP contribution in [0, 0.1) is 0 Å². The lowest BCUT2D eigenvalue weighted by molar-refractivity contribution is -0.0500. The summed E-state index contributed by atoms with van der Waals surface area (Å²) >= 11 is 0. The molecule has 166 valence electrons.